The minimum absolute atomic E-state index is 0.402. The van der Waals surface area contributed by atoms with E-state index in [4.69, 9.17) is 10.8 Å². The third-order valence-electron chi connectivity index (χ3n) is 1.98. The van der Waals surface area contributed by atoms with Gasteiger partial charge in [-0.05, 0) is 12.1 Å². The van der Waals surface area contributed by atoms with Crippen LogP contribution in [0, 0.1) is 11.6 Å². The van der Waals surface area contributed by atoms with Gasteiger partial charge in [0.25, 0.3) is 0 Å². The summed E-state index contributed by atoms with van der Waals surface area (Å²) in [5.41, 5.74) is 4.71. The Kier molecular flexibility index (Phi) is 4.33. The summed E-state index contributed by atoms with van der Waals surface area (Å²) in [6.45, 7) is -0.700. The van der Waals surface area contributed by atoms with Crippen molar-refractivity contribution in [1.82, 2.24) is 4.72 Å². The largest absolute Gasteiger partial charge is 0.382 e. The summed E-state index contributed by atoms with van der Waals surface area (Å²) in [5, 5.41) is 8.99. The fraction of sp³-hybridized carbons (Fsp3) is 0.222. The number of aliphatic hydroxyl groups excluding tert-OH is 1. The molecular weight excluding hydrogens is 270 g/mol. The number of halogens is 2. The smallest absolute Gasteiger partial charge is 0.247 e. The maximum absolute atomic E-state index is 13.2. The quantitative estimate of drug-likeness (QED) is 0.648. The highest BCUT2D eigenvalue weighted by Crippen LogP contribution is 2.15. The average molecular weight is 280 g/mol. The molecule has 1 rings (SSSR count). The predicted molar refractivity (Wildman–Crippen MR) is 56.7 cm³/mol. The zero-order valence-electron chi connectivity index (χ0n) is 8.93. The van der Waals surface area contributed by atoms with Crippen molar-refractivity contribution in [3.63, 3.8) is 0 Å². The Balaban J connectivity index is 2.90. The third-order valence-corrected chi connectivity index (χ3v) is 3.44. The van der Waals surface area contributed by atoms with Gasteiger partial charge in [0.2, 0.25) is 15.9 Å². The number of amides is 1. The second-order valence-corrected chi connectivity index (χ2v) is 5.08. The van der Waals surface area contributed by atoms with E-state index in [1.807, 2.05) is 0 Å². The van der Waals surface area contributed by atoms with E-state index in [-0.39, 0.29) is 0 Å². The number of aliphatic hydroxyl groups is 1. The molecule has 9 heteroatoms. The first-order valence-electron chi connectivity index (χ1n) is 4.66. The number of sulfonamides is 1. The van der Waals surface area contributed by atoms with Crippen molar-refractivity contribution in [2.24, 2.45) is 5.73 Å². The van der Waals surface area contributed by atoms with Crippen molar-refractivity contribution in [3.8, 4) is 0 Å². The molecule has 0 aliphatic rings. The monoisotopic (exact) mass is 280 g/mol. The number of nitrogens with two attached hydrogens (primary N) is 1. The van der Waals surface area contributed by atoms with E-state index in [1.54, 1.807) is 4.72 Å². The van der Waals surface area contributed by atoms with Crippen molar-refractivity contribution in [1.29, 1.82) is 0 Å². The summed E-state index contributed by atoms with van der Waals surface area (Å²) in [7, 11) is -4.30. The maximum Gasteiger partial charge on any atom is 0.247 e. The van der Waals surface area contributed by atoms with E-state index >= 15 is 0 Å². The number of carbonyl (C=O) groups excluding carboxylic acids is 1. The lowest BCUT2D eigenvalue weighted by Crippen LogP contribution is -2.40. The second kappa shape index (κ2) is 5.38. The number of hydrogen-bond acceptors (Lipinski definition) is 4. The second-order valence-electron chi connectivity index (χ2n) is 3.34. The molecule has 0 aliphatic heterocycles. The van der Waals surface area contributed by atoms with E-state index in [2.05, 4.69) is 0 Å². The molecule has 0 aromatic heterocycles. The van der Waals surface area contributed by atoms with Gasteiger partial charge >= 0.3 is 0 Å². The molecule has 0 saturated heterocycles. The van der Waals surface area contributed by atoms with Crippen molar-refractivity contribution in [3.05, 3.63) is 29.8 Å². The summed E-state index contributed by atoms with van der Waals surface area (Å²) in [5.74, 6) is -3.34. The Morgan fingerprint density at radius 1 is 1.44 bits per heavy atom. The van der Waals surface area contributed by atoms with Gasteiger partial charge in [-0.1, -0.05) is 0 Å². The highest BCUT2D eigenvalue weighted by molar-refractivity contribution is 7.89. The average Bonchev–Trinajstić information content (AvgIpc) is 2.25. The van der Waals surface area contributed by atoms with Crippen molar-refractivity contribution in [2.45, 2.75) is 11.0 Å². The summed E-state index contributed by atoms with van der Waals surface area (Å²) in [6.07, 6.45) is -1.73. The van der Waals surface area contributed by atoms with Gasteiger partial charge in [0.1, 0.15) is 22.6 Å². The molecule has 100 valence electrons. The summed E-state index contributed by atoms with van der Waals surface area (Å²) in [6, 6.07) is 1.89. The summed E-state index contributed by atoms with van der Waals surface area (Å²) in [4.78, 5) is 9.69. The van der Waals surface area contributed by atoms with Crippen molar-refractivity contribution in [2.75, 3.05) is 6.54 Å². The van der Waals surface area contributed by atoms with Crippen LogP contribution in [0.25, 0.3) is 0 Å². The SMILES string of the molecule is NC(=O)C(O)CNS(=O)(=O)c1ccc(F)cc1F. The highest BCUT2D eigenvalue weighted by Gasteiger charge is 2.21. The lowest BCUT2D eigenvalue weighted by atomic mass is 10.3. The van der Waals surface area contributed by atoms with Gasteiger partial charge in [-0.2, -0.15) is 0 Å². The molecule has 0 fully saturated rings. The molecule has 6 nitrogen and oxygen atoms in total. The van der Waals surface area contributed by atoms with Crippen molar-refractivity contribution < 1.29 is 27.1 Å². The van der Waals surface area contributed by atoms with Crippen LogP contribution in [0.2, 0.25) is 0 Å². The lowest BCUT2D eigenvalue weighted by molar-refractivity contribution is -0.125. The van der Waals surface area contributed by atoms with Gasteiger partial charge in [0, 0.05) is 12.6 Å². The minimum Gasteiger partial charge on any atom is -0.382 e. The van der Waals surface area contributed by atoms with Gasteiger partial charge in [-0.25, -0.2) is 21.9 Å². The van der Waals surface area contributed by atoms with Crippen LogP contribution in [0.4, 0.5) is 8.78 Å². The number of hydrogen-bond donors (Lipinski definition) is 3. The zero-order chi connectivity index (χ0) is 13.9. The lowest BCUT2D eigenvalue weighted by Gasteiger charge is -2.09. The Bertz CT molecular complexity index is 562. The summed E-state index contributed by atoms with van der Waals surface area (Å²) < 4.78 is 50.7. The Morgan fingerprint density at radius 3 is 2.56 bits per heavy atom. The molecule has 1 aromatic carbocycles. The molecule has 0 radical (unpaired) electrons. The van der Waals surface area contributed by atoms with Crippen LogP contribution >= 0.6 is 0 Å². The standard InChI is InChI=1S/C9H10F2N2O4S/c10-5-1-2-8(6(11)3-5)18(16,17)13-4-7(14)9(12)15/h1-3,7,13-14H,4H2,(H2,12,15). The Hall–Kier alpha value is -1.58. The molecule has 1 unspecified atom stereocenters. The number of rotatable bonds is 5. The van der Waals surface area contributed by atoms with Gasteiger partial charge in [0.15, 0.2) is 0 Å². The number of nitrogens with one attached hydrogen (secondary N) is 1. The van der Waals surface area contributed by atoms with Gasteiger partial charge < -0.3 is 10.8 Å². The molecule has 1 amide bonds. The fourth-order valence-electron chi connectivity index (χ4n) is 1.06. The number of carbonyl (C=O) groups is 1. The topological polar surface area (TPSA) is 109 Å². The molecule has 0 saturated carbocycles. The van der Waals surface area contributed by atoms with Crippen molar-refractivity contribution >= 4 is 15.9 Å². The molecule has 0 bridgehead atoms. The van der Waals surface area contributed by atoms with E-state index < -0.39 is 45.1 Å². The van der Waals surface area contributed by atoms with Crippen LogP contribution in [-0.2, 0) is 14.8 Å². The van der Waals surface area contributed by atoms with Crippen LogP contribution in [0.3, 0.4) is 0 Å². The molecule has 1 aromatic rings. The first-order chi connectivity index (χ1) is 8.24. The van der Waals surface area contributed by atoms with Gasteiger partial charge in [-0.3, -0.25) is 4.79 Å². The van der Waals surface area contributed by atoms with E-state index in [1.165, 1.54) is 0 Å². The molecule has 18 heavy (non-hydrogen) atoms. The minimum atomic E-state index is -4.30. The van der Waals surface area contributed by atoms with E-state index in [0.717, 1.165) is 12.1 Å². The molecule has 0 aliphatic carbocycles. The van der Waals surface area contributed by atoms with Crippen LogP contribution in [0.15, 0.2) is 23.1 Å². The van der Waals surface area contributed by atoms with Crippen LogP contribution < -0.4 is 10.5 Å². The first kappa shape index (κ1) is 14.5. The highest BCUT2D eigenvalue weighted by atomic mass is 32.2. The molecular formula is C9H10F2N2O4S. The third kappa shape index (κ3) is 3.45. The van der Waals surface area contributed by atoms with E-state index in [0.29, 0.717) is 6.07 Å². The molecule has 1 atom stereocenters. The van der Waals surface area contributed by atoms with Crippen LogP contribution in [0.1, 0.15) is 0 Å². The van der Waals surface area contributed by atoms with E-state index in [9.17, 15) is 22.0 Å². The molecule has 0 heterocycles. The van der Waals surface area contributed by atoms with Crippen LogP contribution in [0.5, 0.6) is 0 Å². The predicted octanol–water partition coefficient (Wildman–Crippen LogP) is -0.911. The maximum atomic E-state index is 13.2. The van der Waals surface area contributed by atoms with Gasteiger partial charge in [0.05, 0.1) is 0 Å². The first-order valence-corrected chi connectivity index (χ1v) is 6.14. The van der Waals surface area contributed by atoms with Crippen LogP contribution in [-0.4, -0.2) is 32.1 Å². The summed E-state index contributed by atoms with van der Waals surface area (Å²) >= 11 is 0. The zero-order valence-corrected chi connectivity index (χ0v) is 9.75. The molecule has 0 spiro atoms. The number of primary amides is 1. The number of benzene rings is 1. The fourth-order valence-corrected chi connectivity index (χ4v) is 2.16. The Morgan fingerprint density at radius 2 is 2.06 bits per heavy atom. The molecule has 4 N–H and O–H groups in total. The normalized spacial score (nSPS) is 13.3. The van der Waals surface area contributed by atoms with Gasteiger partial charge in [-0.15, -0.1) is 0 Å². The Labute approximate surface area is 101 Å².